The van der Waals surface area contributed by atoms with E-state index in [1.165, 1.54) is 11.8 Å². The summed E-state index contributed by atoms with van der Waals surface area (Å²) in [5.74, 6) is -1.89. The van der Waals surface area contributed by atoms with Crippen LogP contribution in [0.25, 0.3) is 0 Å². The Kier molecular flexibility index (Phi) is 8.65. The summed E-state index contributed by atoms with van der Waals surface area (Å²) >= 11 is 1.37. The van der Waals surface area contributed by atoms with Crippen LogP contribution in [0, 0.1) is 6.92 Å². The number of aryl methyl sites for hydroxylation is 2. The fraction of sp³-hybridized carbons (Fsp3) is 0.148. The van der Waals surface area contributed by atoms with Gasteiger partial charge in [0.2, 0.25) is 11.8 Å². The van der Waals surface area contributed by atoms with E-state index in [0.717, 1.165) is 45.8 Å². The van der Waals surface area contributed by atoms with Crippen molar-refractivity contribution >= 4 is 40.9 Å². The molecule has 0 aliphatic heterocycles. The molecule has 0 aliphatic carbocycles. The van der Waals surface area contributed by atoms with E-state index in [0.29, 0.717) is 5.69 Å². The van der Waals surface area contributed by atoms with Crippen molar-refractivity contribution in [2.24, 2.45) is 0 Å². The van der Waals surface area contributed by atoms with Gasteiger partial charge in [0.05, 0.1) is 0 Å². The highest BCUT2D eigenvalue weighted by Gasteiger charge is 2.23. The molecule has 0 spiro atoms. The maximum absolute atomic E-state index is 13.5. The Morgan fingerprint density at radius 2 is 1.68 bits per heavy atom. The first kappa shape index (κ1) is 24.8. The number of anilines is 2. The first-order valence-electron chi connectivity index (χ1n) is 10.8. The van der Waals surface area contributed by atoms with E-state index in [1.807, 2.05) is 61.5 Å². The number of carbonyl (C=O) groups is 3. The van der Waals surface area contributed by atoms with E-state index in [9.17, 15) is 14.4 Å². The number of hydrogen-bond acceptors (Lipinski definition) is 4. The summed E-state index contributed by atoms with van der Waals surface area (Å²) in [5.41, 5.74) is 4.27. The Balaban J connectivity index is 1.85. The summed E-state index contributed by atoms with van der Waals surface area (Å²) in [7, 11) is 0. The van der Waals surface area contributed by atoms with Crippen LogP contribution in [0.15, 0.2) is 89.8 Å². The monoisotopic (exact) mass is 474 g/mol. The van der Waals surface area contributed by atoms with E-state index in [1.54, 1.807) is 18.2 Å². The Morgan fingerprint density at radius 1 is 0.941 bits per heavy atom. The van der Waals surface area contributed by atoms with Gasteiger partial charge in [-0.05, 0) is 48.2 Å². The number of benzene rings is 3. The summed E-state index contributed by atoms with van der Waals surface area (Å²) in [6, 6.07) is 22.6. The highest BCUT2D eigenvalue weighted by molar-refractivity contribution is 8.00. The van der Waals surface area contributed by atoms with E-state index in [-0.39, 0.29) is 5.91 Å². The third-order valence-electron chi connectivity index (χ3n) is 5.06. The van der Waals surface area contributed by atoms with E-state index in [2.05, 4.69) is 17.6 Å². The highest BCUT2D eigenvalue weighted by atomic mass is 32.2. The maximum Gasteiger partial charge on any atom is 0.328 e. The molecular weight excluding hydrogens is 448 g/mol. The molecule has 0 heterocycles. The van der Waals surface area contributed by atoms with Crippen LogP contribution in [0.1, 0.15) is 28.9 Å². The third-order valence-corrected chi connectivity index (χ3v) is 6.31. The van der Waals surface area contributed by atoms with E-state index in [4.69, 9.17) is 5.11 Å². The number of hydrogen-bond donors (Lipinski definition) is 3. The smallest absolute Gasteiger partial charge is 0.328 e. The Labute approximate surface area is 203 Å². The van der Waals surface area contributed by atoms with E-state index < -0.39 is 17.1 Å². The lowest BCUT2D eigenvalue weighted by Gasteiger charge is -2.20. The molecule has 3 aromatic rings. The highest BCUT2D eigenvalue weighted by Crippen LogP contribution is 2.37. The summed E-state index contributed by atoms with van der Waals surface area (Å²) in [6.45, 7) is 4.03. The lowest BCUT2D eigenvalue weighted by molar-refractivity contribution is -0.131. The second kappa shape index (κ2) is 11.9. The van der Waals surface area contributed by atoms with Crippen molar-refractivity contribution in [2.75, 3.05) is 10.6 Å². The molecule has 0 radical (unpaired) electrons. The van der Waals surface area contributed by atoms with Gasteiger partial charge in [-0.15, -0.1) is 11.8 Å². The SMILES string of the molecule is CCc1cccc(C)c1NC(=O)C(Sc1cccc(NC(=O)/C=C/C(=O)O)c1)c1ccccc1. The maximum atomic E-state index is 13.5. The predicted molar refractivity (Wildman–Crippen MR) is 136 cm³/mol. The van der Waals surface area contributed by atoms with Gasteiger partial charge in [-0.2, -0.15) is 0 Å². The molecule has 0 aliphatic rings. The minimum absolute atomic E-state index is 0.140. The summed E-state index contributed by atoms with van der Waals surface area (Å²) in [6.07, 6.45) is 2.54. The summed E-state index contributed by atoms with van der Waals surface area (Å²) in [4.78, 5) is 36.8. The fourth-order valence-corrected chi connectivity index (χ4v) is 4.49. The molecule has 1 unspecified atom stereocenters. The number of thioether (sulfide) groups is 1. The molecule has 0 saturated carbocycles. The van der Waals surface area contributed by atoms with Crippen molar-refractivity contribution in [1.29, 1.82) is 0 Å². The van der Waals surface area contributed by atoms with Crippen LogP contribution in [-0.2, 0) is 20.8 Å². The van der Waals surface area contributed by atoms with Gasteiger partial charge in [-0.1, -0.05) is 61.5 Å². The van der Waals surface area contributed by atoms with Crippen LogP contribution in [-0.4, -0.2) is 22.9 Å². The molecule has 3 N–H and O–H groups in total. The van der Waals surface area contributed by atoms with Gasteiger partial charge < -0.3 is 15.7 Å². The number of aliphatic carboxylic acids is 1. The van der Waals surface area contributed by atoms with Crippen LogP contribution in [0.3, 0.4) is 0 Å². The van der Waals surface area contributed by atoms with Crippen LogP contribution in [0.4, 0.5) is 11.4 Å². The average molecular weight is 475 g/mol. The average Bonchev–Trinajstić information content (AvgIpc) is 2.83. The molecule has 0 bridgehead atoms. The quantitative estimate of drug-likeness (QED) is 0.277. The van der Waals surface area contributed by atoms with Gasteiger partial charge in [0, 0.05) is 28.4 Å². The van der Waals surface area contributed by atoms with Crippen molar-refractivity contribution in [1.82, 2.24) is 0 Å². The largest absolute Gasteiger partial charge is 0.478 e. The van der Waals surface area contributed by atoms with Crippen molar-refractivity contribution in [3.05, 3.63) is 102 Å². The number of carboxylic acids is 1. The Bertz CT molecular complexity index is 1210. The number of rotatable bonds is 9. The standard InChI is InChI=1S/C27H26N2O4S/c1-3-19-12-7-9-18(2)25(19)29-27(33)26(20-10-5-4-6-11-20)34-22-14-8-13-21(17-22)28-23(30)15-16-24(31)32/h4-17,26H,3H2,1-2H3,(H,28,30)(H,29,33)(H,31,32)/b16-15+. The van der Waals surface area contributed by atoms with Gasteiger partial charge in [0.15, 0.2) is 0 Å². The predicted octanol–water partition coefficient (Wildman–Crippen LogP) is 5.61. The minimum atomic E-state index is -1.20. The molecule has 2 amide bonds. The zero-order valence-corrected chi connectivity index (χ0v) is 19.8. The first-order valence-corrected chi connectivity index (χ1v) is 11.7. The fourth-order valence-electron chi connectivity index (χ4n) is 3.41. The number of amides is 2. The van der Waals surface area contributed by atoms with Crippen LogP contribution in [0.5, 0.6) is 0 Å². The number of para-hydroxylation sites is 1. The summed E-state index contributed by atoms with van der Waals surface area (Å²) < 4.78 is 0. The molecule has 0 fully saturated rings. The van der Waals surface area contributed by atoms with Crippen molar-refractivity contribution < 1.29 is 19.5 Å². The second-order valence-corrected chi connectivity index (χ2v) is 8.73. The number of carboxylic acid groups (broad SMARTS) is 1. The molecule has 6 nitrogen and oxygen atoms in total. The Hall–Kier alpha value is -3.84. The zero-order valence-electron chi connectivity index (χ0n) is 18.9. The van der Waals surface area contributed by atoms with Gasteiger partial charge in [0.25, 0.3) is 0 Å². The lowest BCUT2D eigenvalue weighted by Crippen LogP contribution is -2.20. The number of carbonyl (C=O) groups excluding carboxylic acids is 2. The molecule has 7 heteroatoms. The minimum Gasteiger partial charge on any atom is -0.478 e. The van der Waals surface area contributed by atoms with Gasteiger partial charge in [-0.3, -0.25) is 9.59 Å². The molecule has 34 heavy (non-hydrogen) atoms. The topological polar surface area (TPSA) is 95.5 Å². The lowest BCUT2D eigenvalue weighted by atomic mass is 10.1. The van der Waals surface area contributed by atoms with Crippen LogP contribution < -0.4 is 10.6 Å². The zero-order chi connectivity index (χ0) is 24.5. The van der Waals surface area contributed by atoms with Crippen molar-refractivity contribution in [3.63, 3.8) is 0 Å². The molecule has 1 atom stereocenters. The third kappa shape index (κ3) is 6.83. The molecular formula is C27H26N2O4S. The van der Waals surface area contributed by atoms with Gasteiger partial charge in [0.1, 0.15) is 5.25 Å². The molecule has 3 rings (SSSR count). The normalized spacial score (nSPS) is 11.7. The van der Waals surface area contributed by atoms with Crippen LogP contribution in [0.2, 0.25) is 0 Å². The molecule has 0 saturated heterocycles. The van der Waals surface area contributed by atoms with E-state index >= 15 is 0 Å². The molecule has 0 aromatic heterocycles. The van der Waals surface area contributed by atoms with Crippen molar-refractivity contribution in [3.8, 4) is 0 Å². The molecule has 174 valence electrons. The van der Waals surface area contributed by atoms with Gasteiger partial charge >= 0.3 is 5.97 Å². The molecule has 3 aromatic carbocycles. The van der Waals surface area contributed by atoms with Crippen molar-refractivity contribution in [2.45, 2.75) is 30.4 Å². The van der Waals surface area contributed by atoms with Gasteiger partial charge in [-0.25, -0.2) is 4.79 Å². The number of nitrogens with one attached hydrogen (secondary N) is 2. The Morgan fingerprint density at radius 3 is 2.38 bits per heavy atom. The second-order valence-electron chi connectivity index (χ2n) is 7.55. The van der Waals surface area contributed by atoms with Crippen LogP contribution >= 0.6 is 11.8 Å². The summed E-state index contributed by atoms with van der Waals surface area (Å²) in [5, 5.41) is 13.9. The first-order chi connectivity index (χ1) is 16.4.